The fraction of sp³-hybridized carbons (Fsp3) is 0.435. The van der Waals surface area contributed by atoms with E-state index in [4.69, 9.17) is 25.3 Å². The number of benzene rings is 4. The third kappa shape index (κ3) is 18.3. The third-order valence-electron chi connectivity index (χ3n) is 15.8. The van der Waals surface area contributed by atoms with Gasteiger partial charge in [-0.25, -0.2) is 47.9 Å². The minimum Gasteiger partial charge on any atom is -0.488 e. The molecule has 1 aromatic heterocycles. The van der Waals surface area contributed by atoms with Gasteiger partial charge in [-0.15, -0.1) is 0 Å². The van der Waals surface area contributed by atoms with E-state index in [0.717, 1.165) is 31.4 Å². The number of amides is 4. The van der Waals surface area contributed by atoms with Crippen molar-refractivity contribution in [2.45, 2.75) is 137 Å². The number of ether oxygens (including phenoxy) is 2. The molecular weight excluding hydrogens is 1420 g/mol. The Balaban J connectivity index is 0.000000193. The molecule has 0 unspecified atom stereocenters. The summed E-state index contributed by atoms with van der Waals surface area (Å²) in [6, 6.07) is 32.4. The predicted molar refractivity (Wildman–Crippen MR) is 379 cm³/mol. The van der Waals surface area contributed by atoms with E-state index in [1.54, 1.807) is 181 Å². The molecule has 2 fully saturated rings. The van der Waals surface area contributed by atoms with Crippen molar-refractivity contribution in [2.24, 2.45) is 5.92 Å². The molecule has 0 atom stereocenters. The van der Waals surface area contributed by atoms with Crippen LogP contribution in [0.25, 0.3) is 14.7 Å². The van der Waals surface area contributed by atoms with Crippen molar-refractivity contribution in [3.05, 3.63) is 172 Å². The van der Waals surface area contributed by atoms with Gasteiger partial charge in [0, 0.05) is 51.5 Å². The van der Waals surface area contributed by atoms with Crippen LogP contribution >= 0.6 is 11.6 Å². The molecule has 2 saturated heterocycles. The summed E-state index contributed by atoms with van der Waals surface area (Å²) < 4.78 is 160. The van der Waals surface area contributed by atoms with E-state index in [-0.39, 0.29) is 85.4 Å². The van der Waals surface area contributed by atoms with Crippen LogP contribution < -0.4 is 29.8 Å². The normalized spacial score (nSPS) is 18.2. The first kappa shape index (κ1) is 78.3. The minimum absolute atomic E-state index is 0.0125. The lowest BCUT2D eigenvalue weighted by Gasteiger charge is -2.39. The Morgan fingerprint density at radius 3 is 1.39 bits per heavy atom. The molecule has 5 aromatic rings. The molecule has 32 heteroatoms. The molecule has 101 heavy (non-hydrogen) atoms. The lowest BCUT2D eigenvalue weighted by Crippen LogP contribution is -2.52. The van der Waals surface area contributed by atoms with Gasteiger partial charge in [0.15, 0.2) is 11.5 Å². The van der Waals surface area contributed by atoms with Crippen LogP contribution in [0.15, 0.2) is 145 Å². The molecule has 0 aliphatic carbocycles. The van der Waals surface area contributed by atoms with E-state index in [9.17, 15) is 66.0 Å². The summed E-state index contributed by atoms with van der Waals surface area (Å²) in [7, 11) is -15.9. The Morgan fingerprint density at radius 2 is 0.990 bits per heavy atom. The van der Waals surface area contributed by atoms with Crippen molar-refractivity contribution in [2.75, 3.05) is 57.0 Å². The van der Waals surface area contributed by atoms with Gasteiger partial charge in [0.2, 0.25) is 0 Å². The van der Waals surface area contributed by atoms with Gasteiger partial charge in [-0.1, -0.05) is 115 Å². The average Bonchev–Trinajstić information content (AvgIpc) is 1.59. The van der Waals surface area contributed by atoms with Crippen molar-refractivity contribution < 1.29 is 79.7 Å². The lowest BCUT2D eigenvalue weighted by molar-refractivity contribution is -0.138. The SMILES string of the molecule is CC(C)(C)N1C(=O)C(NC2CCN(c3ncc(C(F)(F)F)cc3Cl)CC2)=C(c2ccccc2)S1(=O)=O.CC(C)(C)N1C(=O)C(NCCOc2ccccc2OS(C)(=O)=O)=C(c2ccccc2)S1(=O)=O.CC(C)(C)OC(=O)N1CC(CCNC2=C(c3ccccc3)S(=O)(=O)N(C(C)(C)C)C2=O)C1. The molecule has 6 heterocycles. The number of likely N-dealkylation sites (tertiary alicyclic amines) is 1. The summed E-state index contributed by atoms with van der Waals surface area (Å²) in [5.74, 6) is -1.06. The molecule has 5 aliphatic heterocycles. The second kappa shape index (κ2) is 29.9. The maximum absolute atomic E-state index is 13.5. The number of alkyl halides is 3. The molecule has 0 radical (unpaired) electrons. The highest BCUT2D eigenvalue weighted by Gasteiger charge is 2.53. The molecule has 5 aliphatic rings. The van der Waals surface area contributed by atoms with E-state index in [1.807, 2.05) is 20.8 Å². The number of carbonyl (C=O) groups is 4. The van der Waals surface area contributed by atoms with Crippen molar-refractivity contribution in [1.29, 1.82) is 0 Å². The van der Waals surface area contributed by atoms with Gasteiger partial charge in [-0.3, -0.25) is 14.4 Å². The number of carbonyl (C=O) groups excluding carboxylic acids is 4. The maximum atomic E-state index is 13.5. The zero-order valence-corrected chi connectivity index (χ0v) is 62.3. The number of sulfonamides is 3. The summed E-state index contributed by atoms with van der Waals surface area (Å²) in [4.78, 5) is 58.9. The Hall–Kier alpha value is -8.39. The average molecular weight is 1500 g/mol. The largest absolute Gasteiger partial charge is 0.488 e. The van der Waals surface area contributed by atoms with Crippen LogP contribution in [-0.4, -0.2) is 161 Å². The zero-order chi connectivity index (χ0) is 74.8. The summed E-state index contributed by atoms with van der Waals surface area (Å²) in [6.45, 7) is 23.0. The fourth-order valence-corrected chi connectivity index (χ4v) is 18.6. The topological polar surface area (TPSA) is 298 Å². The molecule has 24 nitrogen and oxygen atoms in total. The number of piperidine rings is 1. The first-order chi connectivity index (χ1) is 46.7. The monoisotopic (exact) mass is 1500 g/mol. The predicted octanol–water partition coefficient (Wildman–Crippen LogP) is 10.2. The molecular formula is C69H85ClF3N9O15S4. The number of aromatic nitrogens is 1. The molecule has 3 N–H and O–H groups in total. The van der Waals surface area contributed by atoms with Crippen molar-refractivity contribution in [1.82, 2.24) is 38.7 Å². The molecule has 548 valence electrons. The van der Waals surface area contributed by atoms with Gasteiger partial charge >= 0.3 is 22.4 Å². The van der Waals surface area contributed by atoms with Crippen LogP contribution in [0.3, 0.4) is 0 Å². The number of nitrogens with one attached hydrogen (secondary N) is 3. The zero-order valence-electron chi connectivity index (χ0n) is 58.3. The standard InChI is InChI=1S/C24H26ClF3N4O3S.C23H33N3O5S.C22H26N2O7S2/c1-23(2,3)32-22(33)19(20(36(32,34)35)15-7-5-4-6-8-15)30-17-9-11-31(12-10-17)21-18(25)13-16(14-29-21)24(26,27)28;1-22(2,3)26-20(27)18(19(32(26,29)30)17-10-8-7-9-11-17)24-13-12-16-14-25(15-16)21(28)31-23(4,5)6;1-22(2,3)24-21(25)19(20(33(24,28)29)16-10-6-5-7-11-16)23-14-15-30-17-12-8-9-13-18(17)31-32(4,26)27/h4-8,13-14,17,30H,9-12H2,1-3H3;7-11,16,24H,12-15H2,1-6H3;5-13,23H,14-15H2,1-4H3. The van der Waals surface area contributed by atoms with Gasteiger partial charge in [0.1, 0.15) is 49.8 Å². The van der Waals surface area contributed by atoms with Crippen molar-refractivity contribution in [3.63, 3.8) is 0 Å². The lowest BCUT2D eigenvalue weighted by atomic mass is 9.97. The molecule has 0 bridgehead atoms. The Labute approximate surface area is 594 Å². The second-order valence-corrected chi connectivity index (χ2v) is 35.5. The highest BCUT2D eigenvalue weighted by Crippen LogP contribution is 2.43. The Kier molecular flexibility index (Phi) is 23.2. The van der Waals surface area contributed by atoms with Crippen molar-refractivity contribution in [3.8, 4) is 11.5 Å². The van der Waals surface area contributed by atoms with Crippen molar-refractivity contribution >= 4 is 96.1 Å². The van der Waals surface area contributed by atoms with Crippen LogP contribution in [0.2, 0.25) is 5.02 Å². The summed E-state index contributed by atoms with van der Waals surface area (Å²) in [5, 5.41) is 9.07. The summed E-state index contributed by atoms with van der Waals surface area (Å²) in [6.07, 6.45) is -1.49. The van der Waals surface area contributed by atoms with E-state index in [0.29, 0.717) is 68.7 Å². The quantitative estimate of drug-likeness (QED) is 0.0576. The Morgan fingerprint density at radius 1 is 0.594 bits per heavy atom. The van der Waals surface area contributed by atoms with Crippen LogP contribution in [-0.2, 0) is 65.5 Å². The third-order valence-corrected chi connectivity index (χ3v) is 23.0. The highest BCUT2D eigenvalue weighted by molar-refractivity contribution is 8.00. The van der Waals surface area contributed by atoms with Crippen LogP contribution in [0.1, 0.15) is 125 Å². The number of nitrogens with zero attached hydrogens (tertiary/aromatic N) is 6. The van der Waals surface area contributed by atoms with E-state index < -0.39 is 91.9 Å². The highest BCUT2D eigenvalue weighted by atomic mass is 35.5. The Bertz CT molecular complexity index is 4510. The van der Waals surface area contributed by atoms with Crippen LogP contribution in [0.5, 0.6) is 11.5 Å². The molecule has 4 aromatic carbocycles. The number of hydrogen-bond acceptors (Lipinski definition) is 20. The van der Waals surface area contributed by atoms with Gasteiger partial charge in [0.05, 0.1) is 33.5 Å². The number of hydrogen-bond donors (Lipinski definition) is 3. The van der Waals surface area contributed by atoms with Gasteiger partial charge in [-0.05, 0) is 143 Å². The molecule has 0 spiro atoms. The molecule has 4 amide bonds. The smallest absolute Gasteiger partial charge is 0.417 e. The molecule has 0 saturated carbocycles. The number of pyridine rings is 1. The summed E-state index contributed by atoms with van der Waals surface area (Å²) in [5.41, 5.74) is -2.88. The number of para-hydroxylation sites is 2. The van der Waals surface area contributed by atoms with Gasteiger partial charge < -0.3 is 39.4 Å². The first-order valence-electron chi connectivity index (χ1n) is 32.2. The van der Waals surface area contributed by atoms with Gasteiger partial charge in [0.25, 0.3) is 47.8 Å². The van der Waals surface area contributed by atoms with E-state index >= 15 is 0 Å². The van der Waals surface area contributed by atoms with Gasteiger partial charge in [-0.2, -0.15) is 21.6 Å². The second-order valence-electron chi connectivity index (χ2n) is 28.4. The number of anilines is 1. The van der Waals surface area contributed by atoms with Crippen LogP contribution in [0.4, 0.5) is 23.8 Å². The number of rotatable bonds is 17. The molecule has 10 rings (SSSR count). The number of halogens is 4. The van der Waals surface area contributed by atoms with E-state index in [2.05, 4.69) is 20.9 Å². The first-order valence-corrected chi connectivity index (χ1v) is 38.8. The minimum atomic E-state index is -4.54. The fourth-order valence-electron chi connectivity index (χ4n) is 11.7. The van der Waals surface area contributed by atoms with Crippen LogP contribution in [0, 0.1) is 5.92 Å². The summed E-state index contributed by atoms with van der Waals surface area (Å²) >= 11 is 6.09. The van der Waals surface area contributed by atoms with E-state index in [1.165, 1.54) is 6.07 Å². The maximum Gasteiger partial charge on any atom is 0.417 e.